The minimum atomic E-state index is -1.72. The van der Waals surface area contributed by atoms with Crippen molar-refractivity contribution in [3.05, 3.63) is 11.3 Å². The van der Waals surface area contributed by atoms with Gasteiger partial charge in [0.25, 0.3) is 0 Å². The van der Waals surface area contributed by atoms with Gasteiger partial charge in [0.2, 0.25) is 0 Å². The van der Waals surface area contributed by atoms with E-state index in [9.17, 15) is 14.7 Å². The highest BCUT2D eigenvalue weighted by Crippen LogP contribution is 2.68. The van der Waals surface area contributed by atoms with Crippen LogP contribution in [-0.2, 0) is 14.4 Å². The highest BCUT2D eigenvalue weighted by atomic mass is 16.3. The molecule has 0 aliphatic heterocycles. The predicted octanol–water partition coefficient (Wildman–Crippen LogP) is 8.92. The van der Waals surface area contributed by atoms with Gasteiger partial charge in [0.1, 0.15) is 5.76 Å². The van der Waals surface area contributed by atoms with Crippen molar-refractivity contribution < 1.29 is 19.5 Å². The highest BCUT2D eigenvalue weighted by Gasteiger charge is 2.76. The average molecular weight is 531 g/mol. The normalized spacial score (nSPS) is 30.1. The summed E-state index contributed by atoms with van der Waals surface area (Å²) in [5, 5.41) is 11.9. The summed E-state index contributed by atoms with van der Waals surface area (Å²) in [6.07, 6.45) is 6.33. The van der Waals surface area contributed by atoms with Gasteiger partial charge in [-0.2, -0.15) is 0 Å². The maximum Gasteiger partial charge on any atom is 0.183 e. The van der Waals surface area contributed by atoms with Crippen molar-refractivity contribution in [3.8, 4) is 0 Å². The Hall–Kier alpha value is -1.45. The second kappa shape index (κ2) is 12.4. The van der Waals surface area contributed by atoms with Gasteiger partial charge in [0, 0.05) is 11.5 Å². The van der Waals surface area contributed by atoms with E-state index in [2.05, 4.69) is 62.3 Å². The maximum atomic E-state index is 15.0. The van der Waals surface area contributed by atoms with Gasteiger partial charge in [-0.1, -0.05) is 89.0 Å². The molecule has 1 N–H and O–H groups in total. The van der Waals surface area contributed by atoms with Crippen molar-refractivity contribution in [1.29, 1.82) is 0 Å². The van der Waals surface area contributed by atoms with Gasteiger partial charge in [0.15, 0.2) is 22.8 Å². The molecule has 4 unspecified atom stereocenters. The zero-order valence-corrected chi connectivity index (χ0v) is 26.5. The number of aliphatic hydroxyl groups is 1. The molecule has 2 rings (SSSR count). The number of Topliss-reactive ketones (excluding diaryl/α,β-unsaturated/α-hetero) is 3. The van der Waals surface area contributed by atoms with Crippen LogP contribution in [0.1, 0.15) is 134 Å². The summed E-state index contributed by atoms with van der Waals surface area (Å²) in [5.41, 5.74) is -3.26. The first kappa shape index (κ1) is 32.8. The van der Waals surface area contributed by atoms with Crippen LogP contribution in [0.15, 0.2) is 11.3 Å². The van der Waals surface area contributed by atoms with Gasteiger partial charge in [-0.25, -0.2) is 0 Å². The SMILES string of the molecule is CC(C)CCC1=C(O)C2(CCC(C)C)CC(CCC(C)C)C(C)(CCC(C)C)C(C(=O)C(C)C)(C1=O)C2=O. The summed E-state index contributed by atoms with van der Waals surface area (Å²) in [6.45, 7) is 23.0. The number of ketones is 3. The van der Waals surface area contributed by atoms with Gasteiger partial charge in [-0.3, -0.25) is 14.4 Å². The van der Waals surface area contributed by atoms with E-state index in [1.165, 1.54) is 0 Å². The summed E-state index contributed by atoms with van der Waals surface area (Å²) in [6, 6.07) is 0. The zero-order chi connectivity index (χ0) is 29.2. The summed E-state index contributed by atoms with van der Waals surface area (Å²) in [4.78, 5) is 44.3. The third kappa shape index (κ3) is 5.71. The number of fused-ring (bicyclic) bond motifs is 2. The first-order valence-corrected chi connectivity index (χ1v) is 15.6. The Morgan fingerprint density at radius 2 is 1.32 bits per heavy atom. The number of carbonyl (C=O) groups excluding carboxylic acids is 3. The first-order valence-electron chi connectivity index (χ1n) is 15.6. The minimum absolute atomic E-state index is 0.00133. The topological polar surface area (TPSA) is 71.4 Å². The quantitative estimate of drug-likeness (QED) is 0.228. The number of aliphatic hydroxyl groups excluding tert-OH is 1. The minimum Gasteiger partial charge on any atom is -0.511 e. The van der Waals surface area contributed by atoms with Crippen molar-refractivity contribution in [3.63, 3.8) is 0 Å². The van der Waals surface area contributed by atoms with E-state index in [0.29, 0.717) is 54.9 Å². The van der Waals surface area contributed by atoms with Crippen LogP contribution in [0.5, 0.6) is 0 Å². The van der Waals surface area contributed by atoms with Crippen molar-refractivity contribution in [1.82, 2.24) is 0 Å². The Balaban J connectivity index is 2.98. The van der Waals surface area contributed by atoms with Crippen LogP contribution in [0.2, 0.25) is 0 Å². The van der Waals surface area contributed by atoms with Crippen LogP contribution >= 0.6 is 0 Å². The second-order valence-corrected chi connectivity index (χ2v) is 14.9. The number of rotatable bonds is 14. The molecule has 0 aromatic carbocycles. The molecule has 0 radical (unpaired) electrons. The fourth-order valence-corrected chi connectivity index (χ4v) is 7.26. The number of carbonyl (C=O) groups is 3. The Morgan fingerprint density at radius 3 is 1.79 bits per heavy atom. The molecule has 0 saturated heterocycles. The molecule has 2 bridgehead atoms. The number of hydrogen-bond acceptors (Lipinski definition) is 4. The molecule has 218 valence electrons. The molecule has 1 fully saturated rings. The summed E-state index contributed by atoms with van der Waals surface area (Å²) >= 11 is 0. The molecule has 0 spiro atoms. The lowest BCUT2D eigenvalue weighted by Crippen LogP contribution is -2.71. The van der Waals surface area contributed by atoms with E-state index < -0.39 is 22.2 Å². The van der Waals surface area contributed by atoms with Crippen LogP contribution in [0.4, 0.5) is 0 Å². The Morgan fingerprint density at radius 1 is 0.816 bits per heavy atom. The molecular formula is C34H58O4. The highest BCUT2D eigenvalue weighted by molar-refractivity contribution is 6.33. The Bertz CT molecular complexity index is 907. The van der Waals surface area contributed by atoms with Crippen LogP contribution in [0, 0.1) is 51.8 Å². The molecule has 4 nitrogen and oxygen atoms in total. The number of hydrogen-bond donors (Lipinski definition) is 1. The lowest BCUT2D eigenvalue weighted by Gasteiger charge is -2.61. The first-order chi connectivity index (χ1) is 17.5. The van der Waals surface area contributed by atoms with Crippen LogP contribution in [-0.4, -0.2) is 22.5 Å². The van der Waals surface area contributed by atoms with Crippen molar-refractivity contribution in [2.75, 3.05) is 0 Å². The van der Waals surface area contributed by atoms with Crippen molar-refractivity contribution in [2.24, 2.45) is 51.8 Å². The predicted molar refractivity (Wildman–Crippen MR) is 157 cm³/mol. The maximum absolute atomic E-state index is 15.0. The van der Waals surface area contributed by atoms with Crippen molar-refractivity contribution in [2.45, 2.75) is 134 Å². The van der Waals surface area contributed by atoms with Gasteiger partial charge in [-0.05, 0) is 80.0 Å². The standard InChI is InChI=1S/C34H58O4/c1-21(2)12-14-26-20-33(19-17-24(7)8)29(36)27(15-13-22(3)4)30(37)34(31(33)38,28(35)25(9)10)32(26,11)18-16-23(5)6/h21-26,36H,12-20H2,1-11H3. The van der Waals surface area contributed by atoms with Crippen LogP contribution < -0.4 is 0 Å². The van der Waals surface area contributed by atoms with E-state index in [4.69, 9.17) is 0 Å². The summed E-state index contributed by atoms with van der Waals surface area (Å²) in [5.74, 6) is 0.245. The molecule has 0 heterocycles. The molecule has 0 amide bonds. The van der Waals surface area contributed by atoms with E-state index in [1.807, 2.05) is 13.8 Å². The molecule has 0 aromatic heterocycles. The molecule has 38 heavy (non-hydrogen) atoms. The van der Waals surface area contributed by atoms with E-state index in [1.54, 1.807) is 0 Å². The average Bonchev–Trinajstić information content (AvgIpc) is 2.80. The molecule has 1 saturated carbocycles. The molecule has 4 atom stereocenters. The smallest absolute Gasteiger partial charge is 0.183 e. The van der Waals surface area contributed by atoms with Gasteiger partial charge in [-0.15, -0.1) is 0 Å². The molecule has 4 heteroatoms. The third-order valence-electron chi connectivity index (χ3n) is 9.83. The number of allylic oxidation sites excluding steroid dienone is 2. The van der Waals surface area contributed by atoms with E-state index in [-0.39, 0.29) is 29.0 Å². The summed E-state index contributed by atoms with van der Waals surface area (Å²) in [7, 11) is 0. The van der Waals surface area contributed by atoms with Crippen LogP contribution in [0.25, 0.3) is 0 Å². The zero-order valence-electron chi connectivity index (χ0n) is 26.5. The van der Waals surface area contributed by atoms with Gasteiger partial charge < -0.3 is 5.11 Å². The summed E-state index contributed by atoms with van der Waals surface area (Å²) < 4.78 is 0. The fourth-order valence-electron chi connectivity index (χ4n) is 7.26. The lowest BCUT2D eigenvalue weighted by atomic mass is 9.37. The Labute approximate surface area is 233 Å². The second-order valence-electron chi connectivity index (χ2n) is 14.9. The largest absolute Gasteiger partial charge is 0.511 e. The van der Waals surface area contributed by atoms with Gasteiger partial charge in [0.05, 0.1) is 5.41 Å². The molecule has 0 aromatic rings. The molecule has 2 aliphatic rings. The molecule has 2 aliphatic carbocycles. The van der Waals surface area contributed by atoms with E-state index >= 15 is 4.79 Å². The third-order valence-corrected chi connectivity index (χ3v) is 9.83. The van der Waals surface area contributed by atoms with E-state index in [0.717, 1.165) is 32.1 Å². The van der Waals surface area contributed by atoms with Crippen molar-refractivity contribution >= 4 is 17.3 Å². The Kier molecular flexibility index (Phi) is 10.7. The van der Waals surface area contributed by atoms with Gasteiger partial charge >= 0.3 is 0 Å². The monoisotopic (exact) mass is 530 g/mol. The fraction of sp³-hybridized carbons (Fsp3) is 0.853. The van der Waals surface area contributed by atoms with Crippen LogP contribution in [0.3, 0.4) is 0 Å². The lowest BCUT2D eigenvalue weighted by molar-refractivity contribution is -0.182. The molecular weight excluding hydrogens is 472 g/mol.